The number of Topliss-reactive ketones (excluding diaryl/α,β-unsaturated/α-hetero) is 1. The first-order valence-corrected chi connectivity index (χ1v) is 8.20. The monoisotopic (exact) mass is 363 g/mol. The number of rotatable bonds is 6. The quantitative estimate of drug-likeness (QED) is 0.354. The smallest absolute Gasteiger partial charge is 0.341 e. The van der Waals surface area contributed by atoms with E-state index in [9.17, 15) is 14.4 Å². The molecule has 0 bridgehead atoms. The summed E-state index contributed by atoms with van der Waals surface area (Å²) in [5.41, 5.74) is 2.90. The standard InChI is InChI=1S/C16H17N3O5S/c1-4-23-15(21)12-9(2)13(10(3)20)25-14(12)18-16(22)19-17-8-11-6-5-7-24-11/h5-8H,4H2,1-3H3,(H2,18,19,22). The molecule has 132 valence electrons. The molecule has 0 atom stereocenters. The van der Waals surface area contributed by atoms with Gasteiger partial charge in [-0.05, 0) is 38.5 Å². The van der Waals surface area contributed by atoms with Crippen molar-refractivity contribution in [2.24, 2.45) is 5.10 Å². The van der Waals surface area contributed by atoms with Gasteiger partial charge in [0.15, 0.2) is 5.78 Å². The topological polar surface area (TPSA) is 110 Å². The number of furan rings is 1. The lowest BCUT2D eigenvalue weighted by Gasteiger charge is -2.06. The lowest BCUT2D eigenvalue weighted by atomic mass is 10.1. The van der Waals surface area contributed by atoms with Crippen LogP contribution in [0.2, 0.25) is 0 Å². The number of anilines is 1. The molecule has 25 heavy (non-hydrogen) atoms. The van der Waals surface area contributed by atoms with Crippen LogP contribution < -0.4 is 10.7 Å². The number of hydrogen-bond donors (Lipinski definition) is 2. The molecule has 0 fully saturated rings. The second-order valence-corrected chi connectivity index (χ2v) is 5.90. The molecule has 2 N–H and O–H groups in total. The van der Waals surface area contributed by atoms with Crippen molar-refractivity contribution in [3.8, 4) is 0 Å². The van der Waals surface area contributed by atoms with Crippen molar-refractivity contribution < 1.29 is 23.5 Å². The minimum atomic E-state index is -0.662. The summed E-state index contributed by atoms with van der Waals surface area (Å²) in [5.74, 6) is -0.325. The molecule has 0 aromatic carbocycles. The van der Waals surface area contributed by atoms with Crippen LogP contribution >= 0.6 is 11.3 Å². The molecule has 2 aromatic rings. The Morgan fingerprint density at radius 3 is 2.76 bits per heavy atom. The van der Waals surface area contributed by atoms with E-state index in [-0.39, 0.29) is 23.0 Å². The Kier molecular flexibility index (Phi) is 6.07. The SMILES string of the molecule is CCOC(=O)c1c(NC(=O)NN=Cc2ccco2)sc(C(C)=O)c1C. The highest BCUT2D eigenvalue weighted by Crippen LogP contribution is 2.34. The average Bonchev–Trinajstić information content (AvgIpc) is 3.15. The third-order valence-electron chi connectivity index (χ3n) is 3.07. The van der Waals surface area contributed by atoms with Crippen LogP contribution in [0.15, 0.2) is 27.9 Å². The number of hydrazone groups is 1. The Morgan fingerprint density at radius 1 is 1.40 bits per heavy atom. The van der Waals surface area contributed by atoms with Gasteiger partial charge < -0.3 is 9.15 Å². The van der Waals surface area contributed by atoms with Crippen molar-refractivity contribution in [2.75, 3.05) is 11.9 Å². The second-order valence-electron chi connectivity index (χ2n) is 4.88. The summed E-state index contributed by atoms with van der Waals surface area (Å²) in [6, 6.07) is 2.69. The van der Waals surface area contributed by atoms with Crippen LogP contribution in [0.5, 0.6) is 0 Å². The van der Waals surface area contributed by atoms with Gasteiger partial charge in [0.2, 0.25) is 0 Å². The number of urea groups is 1. The first-order valence-electron chi connectivity index (χ1n) is 7.39. The van der Waals surface area contributed by atoms with E-state index in [0.29, 0.717) is 16.2 Å². The van der Waals surface area contributed by atoms with E-state index in [4.69, 9.17) is 9.15 Å². The predicted octanol–water partition coefficient (Wildman–Crippen LogP) is 3.18. The van der Waals surface area contributed by atoms with Crippen molar-refractivity contribution in [3.63, 3.8) is 0 Å². The fraction of sp³-hybridized carbons (Fsp3) is 0.250. The van der Waals surface area contributed by atoms with Crippen LogP contribution in [-0.2, 0) is 4.74 Å². The number of carbonyl (C=O) groups excluding carboxylic acids is 3. The molecule has 0 saturated heterocycles. The summed E-state index contributed by atoms with van der Waals surface area (Å²) in [5, 5.41) is 6.47. The van der Waals surface area contributed by atoms with Gasteiger partial charge in [-0.2, -0.15) is 5.10 Å². The molecule has 0 unspecified atom stereocenters. The normalized spacial score (nSPS) is 10.7. The van der Waals surface area contributed by atoms with Gasteiger partial charge in [-0.25, -0.2) is 15.0 Å². The van der Waals surface area contributed by atoms with Crippen LogP contribution in [0, 0.1) is 6.92 Å². The van der Waals surface area contributed by atoms with Crippen molar-refractivity contribution in [2.45, 2.75) is 20.8 Å². The average molecular weight is 363 g/mol. The molecule has 0 aliphatic carbocycles. The highest BCUT2D eigenvalue weighted by atomic mass is 32.1. The van der Waals surface area contributed by atoms with Gasteiger partial charge in [0.1, 0.15) is 10.8 Å². The molecule has 2 aromatic heterocycles. The highest BCUT2D eigenvalue weighted by Gasteiger charge is 2.25. The Balaban J connectivity index is 2.16. The third-order valence-corrected chi connectivity index (χ3v) is 4.38. The summed E-state index contributed by atoms with van der Waals surface area (Å²) in [7, 11) is 0. The largest absolute Gasteiger partial charge is 0.463 e. The molecule has 0 radical (unpaired) electrons. The molecule has 0 saturated carbocycles. The summed E-state index contributed by atoms with van der Waals surface area (Å²) in [6.45, 7) is 4.89. The number of nitrogens with one attached hydrogen (secondary N) is 2. The number of esters is 1. The van der Waals surface area contributed by atoms with Crippen LogP contribution in [0.1, 0.15) is 45.2 Å². The summed E-state index contributed by atoms with van der Waals surface area (Å²) in [6.07, 6.45) is 2.80. The first-order chi connectivity index (χ1) is 11.9. The predicted molar refractivity (Wildman–Crippen MR) is 93.5 cm³/mol. The zero-order valence-corrected chi connectivity index (χ0v) is 14.7. The number of nitrogens with zero attached hydrogens (tertiary/aromatic N) is 1. The zero-order chi connectivity index (χ0) is 18.4. The van der Waals surface area contributed by atoms with Crippen LogP contribution in [0.25, 0.3) is 0 Å². The summed E-state index contributed by atoms with van der Waals surface area (Å²) < 4.78 is 10.0. The molecular weight excluding hydrogens is 346 g/mol. The zero-order valence-electron chi connectivity index (χ0n) is 13.9. The van der Waals surface area contributed by atoms with Crippen molar-refractivity contribution >= 4 is 40.3 Å². The molecule has 2 amide bonds. The van der Waals surface area contributed by atoms with Gasteiger partial charge in [0.05, 0.1) is 29.5 Å². The van der Waals surface area contributed by atoms with E-state index in [1.165, 1.54) is 19.4 Å². The van der Waals surface area contributed by atoms with Crippen molar-refractivity contribution in [1.82, 2.24) is 5.43 Å². The van der Waals surface area contributed by atoms with Crippen molar-refractivity contribution in [1.29, 1.82) is 0 Å². The number of hydrogen-bond acceptors (Lipinski definition) is 7. The summed E-state index contributed by atoms with van der Waals surface area (Å²) in [4.78, 5) is 36.2. The minimum absolute atomic E-state index is 0.169. The van der Waals surface area contributed by atoms with E-state index in [2.05, 4.69) is 15.8 Å². The maximum Gasteiger partial charge on any atom is 0.341 e. The molecule has 9 heteroatoms. The third kappa shape index (κ3) is 4.54. The number of ketones is 1. The van der Waals surface area contributed by atoms with Crippen LogP contribution in [-0.4, -0.2) is 30.6 Å². The lowest BCUT2D eigenvalue weighted by Crippen LogP contribution is -2.24. The molecule has 8 nitrogen and oxygen atoms in total. The van der Waals surface area contributed by atoms with E-state index >= 15 is 0 Å². The Labute approximate surface area is 147 Å². The number of carbonyl (C=O) groups is 3. The fourth-order valence-corrected chi connectivity index (χ4v) is 3.12. The molecule has 2 rings (SSSR count). The van der Waals surface area contributed by atoms with E-state index < -0.39 is 12.0 Å². The maximum absolute atomic E-state index is 12.1. The number of ether oxygens (including phenoxy) is 1. The maximum atomic E-state index is 12.1. The van der Waals surface area contributed by atoms with Gasteiger partial charge in [0, 0.05) is 0 Å². The Hall–Kier alpha value is -2.94. The van der Waals surface area contributed by atoms with Gasteiger partial charge >= 0.3 is 12.0 Å². The Bertz CT molecular complexity index is 808. The van der Waals surface area contributed by atoms with E-state index in [0.717, 1.165) is 11.3 Å². The minimum Gasteiger partial charge on any atom is -0.463 e. The van der Waals surface area contributed by atoms with Gasteiger partial charge in [0.25, 0.3) is 0 Å². The van der Waals surface area contributed by atoms with Gasteiger partial charge in [-0.3, -0.25) is 10.1 Å². The Morgan fingerprint density at radius 2 is 2.16 bits per heavy atom. The lowest BCUT2D eigenvalue weighted by molar-refractivity contribution is 0.0527. The number of amides is 2. The molecular formula is C16H17N3O5S. The van der Waals surface area contributed by atoms with Crippen LogP contribution in [0.3, 0.4) is 0 Å². The van der Waals surface area contributed by atoms with Gasteiger partial charge in [-0.1, -0.05) is 0 Å². The second kappa shape index (κ2) is 8.25. The van der Waals surface area contributed by atoms with E-state index in [1.54, 1.807) is 26.0 Å². The van der Waals surface area contributed by atoms with Gasteiger partial charge in [-0.15, -0.1) is 11.3 Å². The van der Waals surface area contributed by atoms with Crippen molar-refractivity contribution in [3.05, 3.63) is 40.2 Å². The fourth-order valence-electron chi connectivity index (χ4n) is 2.04. The molecule has 0 spiro atoms. The van der Waals surface area contributed by atoms with Crippen LogP contribution in [0.4, 0.5) is 9.80 Å². The first kappa shape index (κ1) is 18.4. The molecule has 2 heterocycles. The molecule has 0 aliphatic rings. The molecule has 0 aliphatic heterocycles. The highest BCUT2D eigenvalue weighted by molar-refractivity contribution is 7.18. The summed E-state index contributed by atoms with van der Waals surface area (Å²) >= 11 is 1.02. The van der Waals surface area contributed by atoms with E-state index in [1.807, 2.05) is 0 Å². The number of thiophene rings is 1.